The van der Waals surface area contributed by atoms with E-state index < -0.39 is 0 Å². The second kappa shape index (κ2) is 3.31. The zero-order chi connectivity index (χ0) is 9.42. The molecule has 0 aliphatic rings. The summed E-state index contributed by atoms with van der Waals surface area (Å²) in [5.41, 5.74) is 0. The minimum absolute atomic E-state index is 0.275. The van der Waals surface area contributed by atoms with Crippen LogP contribution in [0.5, 0.6) is 5.75 Å². The number of hydrogen-bond donors (Lipinski definition) is 1. The number of fused-ring (bicyclic) bond motifs is 1. The number of hydrogen-bond acceptors (Lipinski definition) is 1. The first-order valence-electron chi connectivity index (χ1n) is 3.75. The third-order valence-electron chi connectivity index (χ3n) is 1.86. The molecule has 2 aromatic carbocycles. The fraction of sp³-hybridized carbons (Fsp3) is 0. The number of halogens is 2. The van der Waals surface area contributed by atoms with Gasteiger partial charge in [-0.2, -0.15) is 0 Å². The van der Waals surface area contributed by atoms with Crippen molar-refractivity contribution in [2.45, 2.75) is 0 Å². The van der Waals surface area contributed by atoms with Crippen molar-refractivity contribution in [3.63, 3.8) is 0 Å². The normalized spacial score (nSPS) is 10.6. The molecule has 2 rings (SSSR count). The smallest absolute Gasteiger partial charge is 0.117 e. The highest BCUT2D eigenvalue weighted by Crippen LogP contribution is 2.33. The van der Waals surface area contributed by atoms with Gasteiger partial charge < -0.3 is 5.11 Å². The Kier molecular flexibility index (Phi) is 2.30. The summed E-state index contributed by atoms with van der Waals surface area (Å²) in [7, 11) is 0. The number of rotatable bonds is 0. The molecule has 0 aliphatic heterocycles. The van der Waals surface area contributed by atoms with Gasteiger partial charge in [-0.15, -0.1) is 0 Å². The maximum Gasteiger partial charge on any atom is 0.117 e. The molecular weight excluding hydrogens is 296 g/mol. The summed E-state index contributed by atoms with van der Waals surface area (Å²) in [5, 5.41) is 11.5. The Hall–Kier alpha value is -0.540. The standard InChI is InChI=1S/C10H6Br2O/c11-8-3-1-2-6-4-7(13)5-9(12)10(6)8/h1-5,13H. The van der Waals surface area contributed by atoms with Gasteiger partial charge in [-0.3, -0.25) is 0 Å². The van der Waals surface area contributed by atoms with E-state index in [9.17, 15) is 5.11 Å². The number of aromatic hydroxyl groups is 1. The van der Waals surface area contributed by atoms with E-state index in [1.807, 2.05) is 18.2 Å². The summed E-state index contributed by atoms with van der Waals surface area (Å²) < 4.78 is 1.92. The van der Waals surface area contributed by atoms with Crippen LogP contribution in [0.2, 0.25) is 0 Å². The molecule has 0 bridgehead atoms. The topological polar surface area (TPSA) is 20.2 Å². The highest BCUT2D eigenvalue weighted by Gasteiger charge is 2.03. The van der Waals surface area contributed by atoms with Crippen molar-refractivity contribution in [3.05, 3.63) is 39.3 Å². The molecule has 0 aromatic heterocycles. The van der Waals surface area contributed by atoms with Crippen LogP contribution in [0, 0.1) is 0 Å². The van der Waals surface area contributed by atoms with Crippen molar-refractivity contribution in [1.29, 1.82) is 0 Å². The number of benzene rings is 2. The molecule has 0 radical (unpaired) electrons. The van der Waals surface area contributed by atoms with Gasteiger partial charge in [0.05, 0.1) is 0 Å². The minimum atomic E-state index is 0.275. The lowest BCUT2D eigenvalue weighted by Crippen LogP contribution is -1.76. The summed E-state index contributed by atoms with van der Waals surface area (Å²) in [5.74, 6) is 0.275. The van der Waals surface area contributed by atoms with E-state index in [4.69, 9.17) is 0 Å². The van der Waals surface area contributed by atoms with Gasteiger partial charge in [-0.05, 0) is 39.5 Å². The van der Waals surface area contributed by atoms with Crippen LogP contribution in [-0.4, -0.2) is 5.11 Å². The summed E-state index contributed by atoms with van der Waals surface area (Å²) in [6, 6.07) is 9.31. The highest BCUT2D eigenvalue weighted by atomic mass is 79.9. The van der Waals surface area contributed by atoms with E-state index in [0.29, 0.717) is 0 Å². The van der Waals surface area contributed by atoms with Crippen molar-refractivity contribution in [2.24, 2.45) is 0 Å². The van der Waals surface area contributed by atoms with Crippen LogP contribution < -0.4 is 0 Å². The van der Waals surface area contributed by atoms with E-state index >= 15 is 0 Å². The molecule has 2 aromatic rings. The van der Waals surface area contributed by atoms with Gasteiger partial charge in [0.15, 0.2) is 0 Å². The third kappa shape index (κ3) is 1.58. The Balaban J connectivity index is 2.94. The molecule has 3 heteroatoms. The largest absolute Gasteiger partial charge is 0.508 e. The molecule has 0 aliphatic carbocycles. The van der Waals surface area contributed by atoms with Gasteiger partial charge in [0, 0.05) is 14.3 Å². The lowest BCUT2D eigenvalue weighted by Gasteiger charge is -2.03. The van der Waals surface area contributed by atoms with Crippen molar-refractivity contribution in [3.8, 4) is 5.75 Å². The molecule has 0 unspecified atom stereocenters. The van der Waals surface area contributed by atoms with Crippen molar-refractivity contribution in [1.82, 2.24) is 0 Å². The van der Waals surface area contributed by atoms with E-state index in [0.717, 1.165) is 19.7 Å². The molecule has 0 atom stereocenters. The van der Waals surface area contributed by atoms with E-state index in [2.05, 4.69) is 31.9 Å². The summed E-state index contributed by atoms with van der Waals surface area (Å²) >= 11 is 6.87. The molecule has 66 valence electrons. The monoisotopic (exact) mass is 300 g/mol. The van der Waals surface area contributed by atoms with Crippen LogP contribution in [0.15, 0.2) is 39.3 Å². The lowest BCUT2D eigenvalue weighted by molar-refractivity contribution is 0.476. The van der Waals surface area contributed by atoms with Crippen LogP contribution in [-0.2, 0) is 0 Å². The third-order valence-corrected chi connectivity index (χ3v) is 3.15. The van der Waals surface area contributed by atoms with Crippen LogP contribution in [0.25, 0.3) is 10.8 Å². The Morgan fingerprint density at radius 3 is 2.54 bits per heavy atom. The quantitative estimate of drug-likeness (QED) is 0.778. The molecule has 1 nitrogen and oxygen atoms in total. The lowest BCUT2D eigenvalue weighted by atomic mass is 10.1. The molecule has 0 spiro atoms. The Labute approximate surface area is 92.6 Å². The molecule has 0 amide bonds. The Bertz CT molecular complexity index is 466. The Morgan fingerprint density at radius 1 is 1.00 bits per heavy atom. The fourth-order valence-electron chi connectivity index (χ4n) is 1.32. The molecule has 13 heavy (non-hydrogen) atoms. The summed E-state index contributed by atoms with van der Waals surface area (Å²) in [6.07, 6.45) is 0. The number of phenols is 1. The molecule has 0 saturated carbocycles. The average Bonchev–Trinajstić information content (AvgIpc) is 2.02. The van der Waals surface area contributed by atoms with E-state index in [1.54, 1.807) is 12.1 Å². The van der Waals surface area contributed by atoms with Crippen molar-refractivity contribution < 1.29 is 5.11 Å². The first kappa shape index (κ1) is 9.03. The van der Waals surface area contributed by atoms with Gasteiger partial charge in [-0.25, -0.2) is 0 Å². The second-order valence-electron chi connectivity index (χ2n) is 2.77. The van der Waals surface area contributed by atoms with Gasteiger partial charge in [-0.1, -0.05) is 28.1 Å². The molecule has 0 fully saturated rings. The van der Waals surface area contributed by atoms with Gasteiger partial charge >= 0.3 is 0 Å². The van der Waals surface area contributed by atoms with Crippen LogP contribution in [0.1, 0.15) is 0 Å². The van der Waals surface area contributed by atoms with Gasteiger partial charge in [0.25, 0.3) is 0 Å². The molecule has 0 heterocycles. The first-order valence-corrected chi connectivity index (χ1v) is 5.34. The van der Waals surface area contributed by atoms with Gasteiger partial charge in [0.1, 0.15) is 5.75 Å². The van der Waals surface area contributed by atoms with Crippen molar-refractivity contribution in [2.75, 3.05) is 0 Å². The number of phenolic OH excluding ortho intramolecular Hbond substituents is 1. The molecule has 1 N–H and O–H groups in total. The highest BCUT2D eigenvalue weighted by molar-refractivity contribution is 9.11. The summed E-state index contributed by atoms with van der Waals surface area (Å²) in [4.78, 5) is 0. The van der Waals surface area contributed by atoms with Crippen LogP contribution >= 0.6 is 31.9 Å². The van der Waals surface area contributed by atoms with Crippen LogP contribution in [0.3, 0.4) is 0 Å². The zero-order valence-electron chi connectivity index (χ0n) is 6.59. The second-order valence-corrected chi connectivity index (χ2v) is 4.47. The van der Waals surface area contributed by atoms with E-state index in [1.165, 1.54) is 0 Å². The van der Waals surface area contributed by atoms with E-state index in [-0.39, 0.29) is 5.75 Å². The first-order chi connectivity index (χ1) is 6.18. The molecular formula is C10H6Br2O. The SMILES string of the molecule is Oc1cc(Br)c2c(Br)cccc2c1. The minimum Gasteiger partial charge on any atom is -0.508 e. The predicted molar refractivity (Wildman–Crippen MR) is 61.0 cm³/mol. The van der Waals surface area contributed by atoms with Crippen LogP contribution in [0.4, 0.5) is 0 Å². The summed E-state index contributed by atoms with van der Waals surface area (Å²) in [6.45, 7) is 0. The van der Waals surface area contributed by atoms with Gasteiger partial charge in [0.2, 0.25) is 0 Å². The maximum absolute atomic E-state index is 9.36. The fourth-order valence-corrected chi connectivity index (χ4v) is 2.85. The molecule has 0 saturated heterocycles. The zero-order valence-corrected chi connectivity index (χ0v) is 9.76. The average molecular weight is 302 g/mol. The predicted octanol–water partition coefficient (Wildman–Crippen LogP) is 4.07. The van der Waals surface area contributed by atoms with Crippen molar-refractivity contribution >= 4 is 42.6 Å². The maximum atomic E-state index is 9.36. The Morgan fingerprint density at radius 2 is 1.77 bits per heavy atom.